The molecule has 0 unspecified atom stereocenters. The molecule has 0 aromatic rings. The predicted octanol–water partition coefficient (Wildman–Crippen LogP) is 0.664. The van der Waals surface area contributed by atoms with Crippen molar-refractivity contribution >= 4 is 11.9 Å². The predicted molar refractivity (Wildman–Crippen MR) is 101 cm³/mol. The van der Waals surface area contributed by atoms with Crippen LogP contribution in [0.15, 0.2) is 9.98 Å². The molecule has 0 aromatic carbocycles. The highest BCUT2D eigenvalue weighted by atomic mass is 15.2. The van der Waals surface area contributed by atoms with Crippen molar-refractivity contribution < 1.29 is 0 Å². The Balaban J connectivity index is 0.000000438. The number of rotatable bonds is 1. The van der Waals surface area contributed by atoms with E-state index in [0.29, 0.717) is 12.0 Å². The summed E-state index contributed by atoms with van der Waals surface area (Å²) in [5.74, 6) is 0.536. The van der Waals surface area contributed by atoms with Gasteiger partial charge in [0, 0.05) is 38.3 Å². The zero-order chi connectivity index (χ0) is 18.4. The van der Waals surface area contributed by atoms with E-state index < -0.39 is 0 Å². The highest BCUT2D eigenvalue weighted by Crippen LogP contribution is 2.30. The van der Waals surface area contributed by atoms with E-state index in [9.17, 15) is 0 Å². The maximum Gasteiger partial charge on any atom is 0.218 e. The minimum atomic E-state index is 0.186. The van der Waals surface area contributed by atoms with Crippen LogP contribution in [-0.4, -0.2) is 74.1 Å². The van der Waals surface area contributed by atoms with Crippen molar-refractivity contribution in [3.05, 3.63) is 0 Å². The molecule has 0 bridgehead atoms. The lowest BCUT2D eigenvalue weighted by molar-refractivity contribution is 0.0953. The average molecular weight is 328 g/mol. The molecule has 7 heteroatoms. The molecule has 1 aliphatic heterocycles. The molecule has 1 fully saturated rings. The summed E-state index contributed by atoms with van der Waals surface area (Å²) in [5, 5.41) is 3.69. The van der Waals surface area contributed by atoms with Gasteiger partial charge in [0.25, 0.3) is 0 Å². The summed E-state index contributed by atoms with van der Waals surface area (Å²) < 4.78 is 0. The molecule has 136 valence electrons. The highest BCUT2D eigenvalue weighted by molar-refractivity contribution is 5.92. The lowest BCUT2D eigenvalue weighted by Crippen LogP contribution is -2.61. The number of guanidine groups is 2. The van der Waals surface area contributed by atoms with Gasteiger partial charge in [-0.2, -0.15) is 4.99 Å². The molecule has 1 rings (SSSR count). The second kappa shape index (κ2) is 8.49. The van der Waals surface area contributed by atoms with Crippen LogP contribution in [0.3, 0.4) is 0 Å². The van der Waals surface area contributed by atoms with Crippen molar-refractivity contribution in [3.8, 4) is 0 Å². The Morgan fingerprint density at radius 3 is 1.74 bits per heavy atom. The van der Waals surface area contributed by atoms with Crippen LogP contribution in [-0.2, 0) is 0 Å². The molecular formula is C16H37N7. The van der Waals surface area contributed by atoms with Crippen molar-refractivity contribution in [2.24, 2.45) is 21.5 Å². The summed E-state index contributed by atoms with van der Waals surface area (Å²) in [6, 6.07) is 0.714. The number of piperidine rings is 1. The first-order valence-electron chi connectivity index (χ1n) is 7.99. The summed E-state index contributed by atoms with van der Waals surface area (Å²) in [5.41, 5.74) is 11.2. The van der Waals surface area contributed by atoms with E-state index >= 15 is 0 Å². The molecule has 0 aliphatic carbocycles. The lowest BCUT2D eigenvalue weighted by Gasteiger charge is -2.48. The van der Waals surface area contributed by atoms with Gasteiger partial charge in [-0.15, -0.1) is 0 Å². The van der Waals surface area contributed by atoms with E-state index in [1.54, 1.807) is 26.0 Å². The maximum atomic E-state index is 5.41. The van der Waals surface area contributed by atoms with Gasteiger partial charge in [-0.05, 0) is 54.6 Å². The summed E-state index contributed by atoms with van der Waals surface area (Å²) >= 11 is 0. The first-order chi connectivity index (χ1) is 10.3. The molecule has 0 amide bonds. The smallest absolute Gasteiger partial charge is 0.218 e. The lowest BCUT2D eigenvalue weighted by atomic mass is 9.79. The van der Waals surface area contributed by atoms with Crippen LogP contribution in [0.4, 0.5) is 0 Å². The fraction of sp³-hybridized carbons (Fsp3) is 0.875. The number of hydrogen-bond acceptors (Lipinski definition) is 3. The monoisotopic (exact) mass is 327 g/mol. The van der Waals surface area contributed by atoms with Crippen LogP contribution < -0.4 is 16.8 Å². The van der Waals surface area contributed by atoms with E-state index in [1.165, 1.54) is 12.8 Å². The van der Waals surface area contributed by atoms with Crippen LogP contribution in [0.5, 0.6) is 0 Å². The number of nitrogens with zero attached hydrogens (tertiary/aromatic N) is 4. The summed E-state index contributed by atoms with van der Waals surface area (Å²) in [6.45, 7) is 9.18. The van der Waals surface area contributed by atoms with Gasteiger partial charge in [0.15, 0.2) is 5.96 Å². The Hall–Kier alpha value is -1.34. The van der Waals surface area contributed by atoms with E-state index in [0.717, 1.165) is 0 Å². The third-order valence-electron chi connectivity index (χ3n) is 3.82. The van der Waals surface area contributed by atoms with Gasteiger partial charge in [-0.3, -0.25) is 4.99 Å². The van der Waals surface area contributed by atoms with Crippen LogP contribution in [0.1, 0.15) is 40.5 Å². The zero-order valence-corrected chi connectivity index (χ0v) is 16.4. The molecule has 1 heterocycles. The van der Waals surface area contributed by atoms with Crippen LogP contribution in [0, 0.1) is 0 Å². The van der Waals surface area contributed by atoms with Crippen molar-refractivity contribution in [3.63, 3.8) is 0 Å². The SMILES string of the molecule is CN(C)C1CC(C)(C)NC(C)(C)C1.CN=C(N)/N=C(\N)N(C)C. The third kappa shape index (κ3) is 8.76. The summed E-state index contributed by atoms with van der Waals surface area (Å²) in [7, 11) is 9.48. The van der Waals surface area contributed by atoms with E-state index in [2.05, 4.69) is 62.0 Å². The van der Waals surface area contributed by atoms with Crippen LogP contribution in [0.2, 0.25) is 0 Å². The second-order valence-electron chi connectivity index (χ2n) is 7.86. The molecule has 0 aromatic heterocycles. The second-order valence-corrected chi connectivity index (χ2v) is 7.86. The fourth-order valence-electron chi connectivity index (χ4n) is 2.90. The van der Waals surface area contributed by atoms with E-state index in [4.69, 9.17) is 11.5 Å². The topological polar surface area (TPSA) is 95.3 Å². The van der Waals surface area contributed by atoms with Gasteiger partial charge < -0.3 is 26.6 Å². The molecule has 23 heavy (non-hydrogen) atoms. The molecule has 0 spiro atoms. The van der Waals surface area contributed by atoms with Crippen molar-refractivity contribution in [2.75, 3.05) is 35.2 Å². The Kier molecular flexibility index (Phi) is 8.00. The Labute approximate surface area is 142 Å². The van der Waals surface area contributed by atoms with Gasteiger partial charge in [0.2, 0.25) is 5.96 Å². The maximum absolute atomic E-state index is 5.41. The van der Waals surface area contributed by atoms with Crippen molar-refractivity contribution in [1.82, 2.24) is 15.1 Å². The molecule has 0 radical (unpaired) electrons. The molecule has 7 nitrogen and oxygen atoms in total. The zero-order valence-electron chi connectivity index (χ0n) is 16.4. The first kappa shape index (κ1) is 21.7. The average Bonchev–Trinajstić information content (AvgIpc) is 2.35. The molecule has 1 saturated heterocycles. The van der Waals surface area contributed by atoms with Gasteiger partial charge in [-0.25, -0.2) is 0 Å². The van der Waals surface area contributed by atoms with Crippen molar-refractivity contribution in [2.45, 2.75) is 57.7 Å². The molecular weight excluding hydrogens is 290 g/mol. The molecule has 0 atom stereocenters. The molecule has 5 N–H and O–H groups in total. The number of hydrogen-bond donors (Lipinski definition) is 3. The summed E-state index contributed by atoms with van der Waals surface area (Å²) in [6.07, 6.45) is 2.48. The van der Waals surface area contributed by atoms with Crippen LogP contribution >= 0.6 is 0 Å². The van der Waals surface area contributed by atoms with Gasteiger partial charge in [-0.1, -0.05) is 0 Å². The first-order valence-corrected chi connectivity index (χ1v) is 7.99. The molecule has 1 aliphatic rings. The number of nitrogens with two attached hydrogens (primary N) is 2. The fourth-order valence-corrected chi connectivity index (χ4v) is 2.90. The number of nitrogens with one attached hydrogen (secondary N) is 1. The van der Waals surface area contributed by atoms with E-state index in [1.807, 2.05) is 0 Å². The Morgan fingerprint density at radius 1 is 1.00 bits per heavy atom. The van der Waals surface area contributed by atoms with Gasteiger partial charge >= 0.3 is 0 Å². The molecule has 0 saturated carbocycles. The summed E-state index contributed by atoms with van der Waals surface area (Å²) in [4.78, 5) is 11.4. The van der Waals surface area contributed by atoms with E-state index in [-0.39, 0.29) is 17.0 Å². The Morgan fingerprint density at radius 2 is 1.43 bits per heavy atom. The van der Waals surface area contributed by atoms with Gasteiger partial charge in [0.05, 0.1) is 0 Å². The highest BCUT2D eigenvalue weighted by Gasteiger charge is 2.38. The third-order valence-corrected chi connectivity index (χ3v) is 3.82. The minimum Gasteiger partial charge on any atom is -0.369 e. The standard InChI is InChI=1S/C11H24N2.C5H13N5/c1-10(2)7-9(13(5)6)8-11(3,4)12-10;1-8-4(6)9-5(7)10(2)3/h9,12H,7-8H2,1-6H3;1-3H3,(H4,6,7,8,9). The largest absolute Gasteiger partial charge is 0.369 e. The van der Waals surface area contributed by atoms with Crippen LogP contribution in [0.25, 0.3) is 0 Å². The van der Waals surface area contributed by atoms with Crippen molar-refractivity contribution in [1.29, 1.82) is 0 Å². The number of aliphatic imine (C=N–C) groups is 2. The quantitative estimate of drug-likeness (QED) is 0.486. The Bertz CT molecular complexity index is 406. The van der Waals surface area contributed by atoms with Gasteiger partial charge in [0.1, 0.15) is 0 Å². The minimum absolute atomic E-state index is 0.186. The normalized spacial score (nSPS) is 21.7.